The number of methoxy groups -OCH3 is 1. The van der Waals surface area contributed by atoms with Crippen molar-refractivity contribution >= 4 is 33.2 Å². The van der Waals surface area contributed by atoms with Gasteiger partial charge in [0.25, 0.3) is 0 Å². The molecule has 0 bridgehead atoms. The molecule has 1 N–H and O–H groups in total. The molecule has 1 aliphatic carbocycles. The van der Waals surface area contributed by atoms with E-state index in [0.717, 1.165) is 21.8 Å². The highest BCUT2D eigenvalue weighted by atomic mass is 79.9. The van der Waals surface area contributed by atoms with Gasteiger partial charge in [0, 0.05) is 11.1 Å². The Kier molecular flexibility index (Phi) is 4.21. The second kappa shape index (κ2) is 5.49. The second-order valence-corrected chi connectivity index (χ2v) is 5.98. The normalized spacial score (nSPS) is 16.7. The van der Waals surface area contributed by atoms with Crippen LogP contribution in [0.15, 0.2) is 16.6 Å². The van der Waals surface area contributed by atoms with E-state index in [-0.39, 0.29) is 0 Å². The quantitative estimate of drug-likeness (QED) is 0.849. The van der Waals surface area contributed by atoms with Crippen molar-refractivity contribution in [1.29, 1.82) is 0 Å². The number of nitrogens with one attached hydrogen (secondary N) is 1. The highest BCUT2D eigenvalue weighted by Crippen LogP contribution is 2.38. The fourth-order valence-electron chi connectivity index (χ4n) is 2.05. The minimum absolute atomic E-state index is 0.446. The molecule has 2 nitrogen and oxygen atoms in total. The van der Waals surface area contributed by atoms with E-state index in [1.54, 1.807) is 7.11 Å². The predicted octanol–water partition coefficient (Wildman–Crippen LogP) is 4.71. The number of rotatable bonds is 5. The second-order valence-electron chi connectivity index (χ2n) is 4.69. The van der Waals surface area contributed by atoms with Crippen LogP contribution in [0.4, 0.5) is 5.69 Å². The van der Waals surface area contributed by atoms with Crippen molar-refractivity contribution in [2.45, 2.75) is 32.2 Å². The summed E-state index contributed by atoms with van der Waals surface area (Å²) >= 11 is 9.52. The molecule has 1 atom stereocenters. The number of ether oxygens (including phenoxy) is 1. The zero-order valence-corrected chi connectivity index (χ0v) is 12.4. The molecule has 1 fully saturated rings. The van der Waals surface area contributed by atoms with E-state index < -0.39 is 0 Å². The third kappa shape index (κ3) is 3.52. The summed E-state index contributed by atoms with van der Waals surface area (Å²) in [6.45, 7) is 2.20. The van der Waals surface area contributed by atoms with E-state index in [1.807, 2.05) is 12.1 Å². The van der Waals surface area contributed by atoms with Crippen molar-refractivity contribution in [3.8, 4) is 5.75 Å². The molecule has 1 aromatic carbocycles. The first kappa shape index (κ1) is 13.0. The van der Waals surface area contributed by atoms with E-state index in [4.69, 9.17) is 16.3 Å². The molecular weight excluding hydrogens is 302 g/mol. The molecule has 0 spiro atoms. The zero-order chi connectivity index (χ0) is 12.4. The lowest BCUT2D eigenvalue weighted by atomic mass is 10.1. The molecule has 94 valence electrons. The third-order valence-corrected chi connectivity index (χ3v) is 3.81. The summed E-state index contributed by atoms with van der Waals surface area (Å²) in [7, 11) is 1.67. The molecule has 17 heavy (non-hydrogen) atoms. The van der Waals surface area contributed by atoms with Gasteiger partial charge in [-0.25, -0.2) is 0 Å². The van der Waals surface area contributed by atoms with Gasteiger partial charge >= 0.3 is 0 Å². The molecule has 1 unspecified atom stereocenters. The molecule has 2 rings (SSSR count). The third-order valence-electron chi connectivity index (χ3n) is 3.00. The first-order valence-electron chi connectivity index (χ1n) is 5.89. The molecule has 0 aliphatic heterocycles. The van der Waals surface area contributed by atoms with Crippen molar-refractivity contribution in [1.82, 2.24) is 0 Å². The average molecular weight is 319 g/mol. The lowest BCUT2D eigenvalue weighted by Crippen LogP contribution is -2.16. The van der Waals surface area contributed by atoms with Crippen LogP contribution >= 0.6 is 27.5 Å². The Morgan fingerprint density at radius 3 is 2.82 bits per heavy atom. The lowest BCUT2D eigenvalue weighted by molar-refractivity contribution is 0.413. The van der Waals surface area contributed by atoms with Crippen LogP contribution in [0.2, 0.25) is 5.02 Å². The standard InChI is InChI=1S/C13H17BrClNO/c1-8(5-9-3-4-9)16-12-7-10(15)6-11(14)13(12)17-2/h6-9,16H,3-5H2,1-2H3. The van der Waals surface area contributed by atoms with Gasteiger partial charge in [0.2, 0.25) is 0 Å². The van der Waals surface area contributed by atoms with Crippen LogP contribution in [0.5, 0.6) is 5.75 Å². The lowest BCUT2D eigenvalue weighted by Gasteiger charge is -2.18. The van der Waals surface area contributed by atoms with Crippen LogP contribution in [0.25, 0.3) is 0 Å². The predicted molar refractivity (Wildman–Crippen MR) is 76.1 cm³/mol. The van der Waals surface area contributed by atoms with Crippen molar-refractivity contribution in [3.63, 3.8) is 0 Å². The van der Waals surface area contributed by atoms with Gasteiger partial charge in [-0.05, 0) is 47.3 Å². The minimum Gasteiger partial charge on any atom is -0.493 e. The highest BCUT2D eigenvalue weighted by molar-refractivity contribution is 9.10. The van der Waals surface area contributed by atoms with Gasteiger partial charge in [-0.2, -0.15) is 0 Å². The van der Waals surface area contributed by atoms with Gasteiger partial charge in [-0.3, -0.25) is 0 Å². The van der Waals surface area contributed by atoms with Crippen LogP contribution in [-0.4, -0.2) is 13.2 Å². The number of hydrogen-bond acceptors (Lipinski definition) is 2. The summed E-state index contributed by atoms with van der Waals surface area (Å²) in [6.07, 6.45) is 3.97. The maximum absolute atomic E-state index is 6.06. The average Bonchev–Trinajstić information content (AvgIpc) is 3.00. The molecule has 0 amide bonds. The van der Waals surface area contributed by atoms with E-state index in [9.17, 15) is 0 Å². The maximum atomic E-state index is 6.06. The Balaban J connectivity index is 2.12. The van der Waals surface area contributed by atoms with Crippen molar-refractivity contribution in [2.24, 2.45) is 5.92 Å². The van der Waals surface area contributed by atoms with Crippen molar-refractivity contribution in [2.75, 3.05) is 12.4 Å². The summed E-state index contributed by atoms with van der Waals surface area (Å²) in [5.74, 6) is 1.73. The number of hydrogen-bond donors (Lipinski definition) is 1. The van der Waals surface area contributed by atoms with Crippen LogP contribution in [0.3, 0.4) is 0 Å². The van der Waals surface area contributed by atoms with Gasteiger partial charge < -0.3 is 10.1 Å². The summed E-state index contributed by atoms with van der Waals surface area (Å²) in [5, 5.41) is 4.18. The summed E-state index contributed by atoms with van der Waals surface area (Å²) in [5.41, 5.74) is 0.958. The van der Waals surface area contributed by atoms with E-state index in [2.05, 4.69) is 28.2 Å². The Morgan fingerprint density at radius 1 is 1.53 bits per heavy atom. The summed E-state index contributed by atoms with van der Waals surface area (Å²) < 4.78 is 6.27. The molecular formula is C13H17BrClNO. The smallest absolute Gasteiger partial charge is 0.156 e. The van der Waals surface area contributed by atoms with Crippen LogP contribution in [0.1, 0.15) is 26.2 Å². The van der Waals surface area contributed by atoms with Gasteiger partial charge in [-0.15, -0.1) is 0 Å². The van der Waals surface area contributed by atoms with Gasteiger partial charge in [0.1, 0.15) is 0 Å². The maximum Gasteiger partial charge on any atom is 0.156 e. The molecule has 1 aromatic rings. The van der Waals surface area contributed by atoms with E-state index in [0.29, 0.717) is 11.1 Å². The zero-order valence-electron chi connectivity index (χ0n) is 10.1. The number of benzene rings is 1. The molecule has 0 radical (unpaired) electrons. The highest BCUT2D eigenvalue weighted by Gasteiger charge is 2.24. The Labute approximate surface area is 116 Å². The fourth-order valence-corrected chi connectivity index (χ4v) is 3.03. The Hall–Kier alpha value is -0.410. The summed E-state index contributed by atoms with van der Waals surface area (Å²) in [6, 6.07) is 4.20. The molecule has 0 heterocycles. The molecule has 1 aliphatic rings. The van der Waals surface area contributed by atoms with Crippen LogP contribution in [-0.2, 0) is 0 Å². The molecule has 1 saturated carbocycles. The van der Waals surface area contributed by atoms with Crippen LogP contribution < -0.4 is 10.1 Å². The Morgan fingerprint density at radius 2 is 2.24 bits per heavy atom. The van der Waals surface area contributed by atoms with E-state index >= 15 is 0 Å². The van der Waals surface area contributed by atoms with Gasteiger partial charge in [0.05, 0.1) is 17.3 Å². The number of halogens is 2. The molecule has 0 aromatic heterocycles. The SMILES string of the molecule is COc1c(Br)cc(Cl)cc1NC(C)CC1CC1. The summed E-state index contributed by atoms with van der Waals surface area (Å²) in [4.78, 5) is 0. The molecule has 0 saturated heterocycles. The van der Waals surface area contributed by atoms with Crippen LogP contribution in [0, 0.1) is 5.92 Å². The Bertz CT molecular complexity index is 407. The van der Waals surface area contributed by atoms with E-state index in [1.165, 1.54) is 19.3 Å². The first-order chi connectivity index (χ1) is 8.10. The monoisotopic (exact) mass is 317 g/mol. The minimum atomic E-state index is 0.446. The first-order valence-corrected chi connectivity index (χ1v) is 7.07. The van der Waals surface area contributed by atoms with Gasteiger partial charge in [-0.1, -0.05) is 24.4 Å². The van der Waals surface area contributed by atoms with Crippen molar-refractivity contribution < 1.29 is 4.74 Å². The largest absolute Gasteiger partial charge is 0.493 e. The molecule has 4 heteroatoms. The fraction of sp³-hybridized carbons (Fsp3) is 0.538. The van der Waals surface area contributed by atoms with Crippen molar-refractivity contribution in [3.05, 3.63) is 21.6 Å². The number of anilines is 1. The van der Waals surface area contributed by atoms with Gasteiger partial charge in [0.15, 0.2) is 5.75 Å². The topological polar surface area (TPSA) is 21.3 Å².